The standard InChI is InChI=1S/C16H19BrN4O2.C12H12BrN3O2/c1-20-11-14(17)19-15(16(20)22)18-13-4-2-12(3-5-13)10-21-6-8-23-9-7-21;1-16-6-10(13)15-11(12(16)18)14-9-4-2-8(7-17)3-5-9/h2-5,11H,6-10H2,1H3,(H,18,19);2-6,17H,7H2,1H3,(H,14,15). The first-order valence-corrected chi connectivity index (χ1v) is 14.4. The van der Waals surface area contributed by atoms with Gasteiger partial charge in [0.25, 0.3) is 11.1 Å². The second-order valence-corrected chi connectivity index (χ2v) is 11.0. The Morgan fingerprint density at radius 1 is 0.780 bits per heavy atom. The summed E-state index contributed by atoms with van der Waals surface area (Å²) in [7, 11) is 3.36. The summed E-state index contributed by atoms with van der Waals surface area (Å²) in [5, 5.41) is 15.0. The van der Waals surface area contributed by atoms with Crippen LogP contribution in [-0.2, 0) is 32.0 Å². The summed E-state index contributed by atoms with van der Waals surface area (Å²) in [6.07, 6.45) is 3.24. The average Bonchev–Trinajstić information content (AvgIpc) is 2.96. The topological polar surface area (TPSA) is 127 Å². The molecule has 0 saturated carbocycles. The van der Waals surface area contributed by atoms with E-state index in [1.165, 1.54) is 14.7 Å². The number of morpholine rings is 1. The van der Waals surface area contributed by atoms with Gasteiger partial charge in [0.15, 0.2) is 11.6 Å². The van der Waals surface area contributed by atoms with E-state index in [1.807, 2.05) is 12.1 Å². The first-order chi connectivity index (χ1) is 19.7. The fourth-order valence-corrected chi connectivity index (χ4v) is 4.95. The van der Waals surface area contributed by atoms with Gasteiger partial charge in [0.2, 0.25) is 0 Å². The summed E-state index contributed by atoms with van der Waals surface area (Å²) in [4.78, 5) is 34.5. The van der Waals surface area contributed by atoms with Gasteiger partial charge in [0.1, 0.15) is 9.21 Å². The quantitative estimate of drug-likeness (QED) is 0.265. The molecule has 2 aromatic heterocycles. The smallest absolute Gasteiger partial charge is 0.293 e. The third-order valence-corrected chi connectivity index (χ3v) is 6.97. The Kier molecular flexibility index (Phi) is 10.8. The Balaban J connectivity index is 0.000000195. The fraction of sp³-hybridized carbons (Fsp3) is 0.286. The Hall–Kier alpha value is -3.36. The minimum Gasteiger partial charge on any atom is -0.392 e. The van der Waals surface area contributed by atoms with Crippen LogP contribution in [0.5, 0.6) is 0 Å². The normalized spacial score (nSPS) is 13.3. The largest absolute Gasteiger partial charge is 0.392 e. The van der Waals surface area contributed by atoms with Crippen LogP contribution >= 0.6 is 31.9 Å². The number of hydrogen-bond acceptors (Lipinski definition) is 9. The molecule has 1 aliphatic rings. The van der Waals surface area contributed by atoms with E-state index in [9.17, 15) is 9.59 Å². The van der Waals surface area contributed by atoms with Crippen molar-refractivity contribution in [2.45, 2.75) is 13.2 Å². The lowest BCUT2D eigenvalue weighted by molar-refractivity contribution is 0.0342. The summed E-state index contributed by atoms with van der Waals surface area (Å²) in [6.45, 7) is 4.46. The van der Waals surface area contributed by atoms with Crippen molar-refractivity contribution in [2.24, 2.45) is 14.1 Å². The molecule has 216 valence electrons. The minimum absolute atomic E-state index is 0.00280. The van der Waals surface area contributed by atoms with Gasteiger partial charge >= 0.3 is 0 Å². The molecule has 1 saturated heterocycles. The van der Waals surface area contributed by atoms with Gasteiger partial charge in [-0.3, -0.25) is 14.5 Å². The number of anilines is 4. The Morgan fingerprint density at radius 3 is 1.66 bits per heavy atom. The van der Waals surface area contributed by atoms with Crippen LogP contribution in [0.25, 0.3) is 0 Å². The number of hydrogen-bond donors (Lipinski definition) is 3. The van der Waals surface area contributed by atoms with Crippen molar-refractivity contribution in [3.63, 3.8) is 0 Å². The highest BCUT2D eigenvalue weighted by Gasteiger charge is 2.11. The van der Waals surface area contributed by atoms with E-state index in [-0.39, 0.29) is 23.5 Å². The number of nitrogens with one attached hydrogen (secondary N) is 2. The van der Waals surface area contributed by atoms with Crippen LogP contribution in [-0.4, -0.2) is 55.4 Å². The van der Waals surface area contributed by atoms with Crippen LogP contribution in [0.15, 0.2) is 79.7 Å². The molecular formula is C28H31Br2N7O4. The van der Waals surface area contributed by atoms with Gasteiger partial charge in [0.05, 0.1) is 19.8 Å². The zero-order valence-electron chi connectivity index (χ0n) is 22.7. The summed E-state index contributed by atoms with van der Waals surface area (Å²) >= 11 is 6.54. The molecule has 0 atom stereocenters. The molecular weight excluding hydrogens is 658 g/mol. The van der Waals surface area contributed by atoms with Gasteiger partial charge in [0, 0.05) is 57.5 Å². The van der Waals surface area contributed by atoms with Crippen LogP contribution in [0.3, 0.4) is 0 Å². The maximum Gasteiger partial charge on any atom is 0.293 e. The molecule has 11 nitrogen and oxygen atoms in total. The van der Waals surface area contributed by atoms with Gasteiger partial charge in [-0.25, -0.2) is 9.97 Å². The molecule has 41 heavy (non-hydrogen) atoms. The highest BCUT2D eigenvalue weighted by molar-refractivity contribution is 9.10. The lowest BCUT2D eigenvalue weighted by Gasteiger charge is -2.26. The van der Waals surface area contributed by atoms with Gasteiger partial charge in [-0.1, -0.05) is 24.3 Å². The fourth-order valence-electron chi connectivity index (χ4n) is 3.98. The minimum atomic E-state index is -0.204. The van der Waals surface area contributed by atoms with E-state index >= 15 is 0 Å². The zero-order valence-corrected chi connectivity index (χ0v) is 25.9. The van der Waals surface area contributed by atoms with E-state index in [2.05, 4.69) is 69.5 Å². The molecule has 0 radical (unpaired) electrons. The molecule has 0 unspecified atom stereocenters. The molecule has 0 aliphatic carbocycles. The highest BCUT2D eigenvalue weighted by Crippen LogP contribution is 2.17. The molecule has 3 heterocycles. The number of nitrogens with zero attached hydrogens (tertiary/aromatic N) is 5. The van der Waals surface area contributed by atoms with Crippen molar-refractivity contribution in [1.29, 1.82) is 0 Å². The van der Waals surface area contributed by atoms with Crippen molar-refractivity contribution < 1.29 is 9.84 Å². The number of aliphatic hydroxyl groups is 1. The summed E-state index contributed by atoms with van der Waals surface area (Å²) in [5.74, 6) is 0.562. The Labute approximate surface area is 254 Å². The molecule has 1 aliphatic heterocycles. The van der Waals surface area contributed by atoms with Crippen molar-refractivity contribution >= 4 is 54.9 Å². The molecule has 4 aromatic rings. The van der Waals surface area contributed by atoms with Crippen LogP contribution < -0.4 is 21.8 Å². The lowest BCUT2D eigenvalue weighted by Crippen LogP contribution is -2.35. The van der Waals surface area contributed by atoms with Crippen LogP contribution in [0.1, 0.15) is 11.1 Å². The van der Waals surface area contributed by atoms with E-state index in [4.69, 9.17) is 9.84 Å². The number of aryl methyl sites for hydroxylation is 2. The molecule has 5 rings (SSSR count). The van der Waals surface area contributed by atoms with Crippen LogP contribution in [0.2, 0.25) is 0 Å². The predicted octanol–water partition coefficient (Wildman–Crippen LogP) is 3.90. The zero-order chi connectivity index (χ0) is 29.4. The molecule has 3 N–H and O–H groups in total. The van der Waals surface area contributed by atoms with Crippen molar-refractivity contribution in [3.8, 4) is 0 Å². The number of aliphatic hydroxyl groups excluding tert-OH is 1. The van der Waals surface area contributed by atoms with Crippen LogP contribution in [0, 0.1) is 0 Å². The van der Waals surface area contributed by atoms with E-state index in [0.717, 1.165) is 49.8 Å². The molecule has 0 amide bonds. The van der Waals surface area contributed by atoms with Crippen molar-refractivity contribution in [3.05, 3.63) is 102 Å². The predicted molar refractivity (Wildman–Crippen MR) is 166 cm³/mol. The third kappa shape index (κ3) is 8.81. The number of halogens is 2. The van der Waals surface area contributed by atoms with Gasteiger partial charge in [-0.2, -0.15) is 0 Å². The third-order valence-electron chi connectivity index (χ3n) is 6.21. The monoisotopic (exact) mass is 687 g/mol. The highest BCUT2D eigenvalue weighted by atomic mass is 79.9. The number of rotatable bonds is 7. The van der Waals surface area contributed by atoms with Gasteiger partial charge < -0.3 is 29.6 Å². The second-order valence-electron chi connectivity index (χ2n) is 9.35. The summed E-state index contributed by atoms with van der Waals surface area (Å²) in [6, 6.07) is 15.2. The summed E-state index contributed by atoms with van der Waals surface area (Å²) in [5.41, 5.74) is 3.28. The maximum absolute atomic E-state index is 12.1. The van der Waals surface area contributed by atoms with E-state index < -0.39 is 0 Å². The second kappa shape index (κ2) is 14.5. The van der Waals surface area contributed by atoms with E-state index in [0.29, 0.717) is 15.0 Å². The SMILES string of the molecule is Cn1cc(Br)nc(Nc2ccc(CN3CCOCC3)cc2)c1=O.Cn1cc(Br)nc(Nc2ccc(CO)cc2)c1=O. The van der Waals surface area contributed by atoms with Crippen molar-refractivity contribution in [1.82, 2.24) is 24.0 Å². The number of aromatic nitrogens is 4. The average molecular weight is 689 g/mol. The first kappa shape index (κ1) is 30.6. The van der Waals surface area contributed by atoms with Crippen molar-refractivity contribution in [2.75, 3.05) is 36.9 Å². The van der Waals surface area contributed by atoms with E-state index in [1.54, 1.807) is 50.8 Å². The Bertz CT molecular complexity index is 1570. The number of ether oxygens (including phenoxy) is 1. The molecule has 0 spiro atoms. The van der Waals surface area contributed by atoms with Crippen LogP contribution in [0.4, 0.5) is 23.0 Å². The summed E-state index contributed by atoms with van der Waals surface area (Å²) < 4.78 is 9.50. The molecule has 0 bridgehead atoms. The van der Waals surface area contributed by atoms with Gasteiger partial charge in [-0.05, 0) is 67.3 Å². The maximum atomic E-state index is 12.1. The Morgan fingerprint density at radius 2 is 1.22 bits per heavy atom. The molecule has 1 fully saturated rings. The first-order valence-electron chi connectivity index (χ1n) is 12.8. The number of benzene rings is 2. The van der Waals surface area contributed by atoms with Gasteiger partial charge in [-0.15, -0.1) is 0 Å². The molecule has 13 heteroatoms. The molecule has 2 aromatic carbocycles. The lowest BCUT2D eigenvalue weighted by atomic mass is 10.2.